The van der Waals surface area contributed by atoms with E-state index in [9.17, 15) is 14.4 Å². The van der Waals surface area contributed by atoms with Gasteiger partial charge in [0.1, 0.15) is 11.8 Å². The highest BCUT2D eigenvalue weighted by atomic mass is 16.2. The minimum atomic E-state index is -0.816. The molecule has 2 heterocycles. The summed E-state index contributed by atoms with van der Waals surface area (Å²) < 4.78 is 2.02. The topological polar surface area (TPSA) is 142 Å². The molecule has 2 amide bonds. The summed E-state index contributed by atoms with van der Waals surface area (Å²) in [7, 11) is 2.98. The number of nitrogens with one attached hydrogen (secondary N) is 3. The van der Waals surface area contributed by atoms with Crippen molar-refractivity contribution in [2.75, 3.05) is 7.11 Å². The van der Waals surface area contributed by atoms with Crippen molar-refractivity contribution in [3.63, 3.8) is 0 Å². The predicted molar refractivity (Wildman–Crippen MR) is 198 cm³/mol. The van der Waals surface area contributed by atoms with Gasteiger partial charge in [-0.25, -0.2) is 0 Å². The number of aromatic amines is 1. The molecule has 6 N–H and O–H groups in total. The Labute approximate surface area is 293 Å². The minimum absolute atomic E-state index is 0.159. The highest BCUT2D eigenvalue weighted by molar-refractivity contribution is 5.85. The van der Waals surface area contributed by atoms with Crippen LogP contribution in [0.2, 0.25) is 0 Å². The van der Waals surface area contributed by atoms with E-state index in [2.05, 4.69) is 21.7 Å². The number of carbonyl (C=O) groups excluding carboxylic acids is 3. The number of primary amides is 1. The van der Waals surface area contributed by atoms with Crippen molar-refractivity contribution < 1.29 is 19.5 Å². The Kier molecular flexibility index (Phi) is 13.8. The molecule has 9 nitrogen and oxygen atoms in total. The van der Waals surface area contributed by atoms with Crippen LogP contribution in [0.5, 0.6) is 0 Å². The van der Waals surface area contributed by atoms with E-state index in [1.165, 1.54) is 0 Å². The molecule has 6 rings (SSSR count). The van der Waals surface area contributed by atoms with Crippen LogP contribution in [0.15, 0.2) is 140 Å². The minimum Gasteiger partial charge on any atom is -0.400 e. The van der Waals surface area contributed by atoms with Gasteiger partial charge in [-0.15, -0.1) is 0 Å². The molecule has 258 valence electrons. The van der Waals surface area contributed by atoms with Crippen molar-refractivity contribution in [3.05, 3.63) is 168 Å². The molecule has 0 aliphatic heterocycles. The molecule has 9 heteroatoms. The van der Waals surface area contributed by atoms with Gasteiger partial charge < -0.3 is 30.5 Å². The molecule has 0 aliphatic rings. The van der Waals surface area contributed by atoms with E-state index in [1.54, 1.807) is 0 Å². The Morgan fingerprint density at radius 2 is 1.36 bits per heavy atom. The van der Waals surface area contributed by atoms with Crippen molar-refractivity contribution >= 4 is 29.0 Å². The predicted octanol–water partition coefficient (Wildman–Crippen LogP) is 5.37. The molecule has 4 aromatic carbocycles. The number of aryl methyl sites for hydroxylation is 1. The summed E-state index contributed by atoms with van der Waals surface area (Å²) in [5, 5.41) is 14.6. The van der Waals surface area contributed by atoms with E-state index in [-0.39, 0.29) is 24.7 Å². The lowest BCUT2D eigenvalue weighted by Gasteiger charge is -2.37. The highest BCUT2D eigenvalue weighted by Gasteiger charge is 2.37. The summed E-state index contributed by atoms with van der Waals surface area (Å²) >= 11 is 0. The number of carbonyl (C=O) groups is 3. The molecule has 6 aromatic rings. The molecular weight excluding hydrogens is 626 g/mol. The van der Waals surface area contributed by atoms with E-state index in [1.807, 2.05) is 145 Å². The van der Waals surface area contributed by atoms with Crippen molar-refractivity contribution in [1.29, 1.82) is 0 Å². The van der Waals surface area contributed by atoms with Gasteiger partial charge in [0.25, 0.3) is 0 Å². The summed E-state index contributed by atoms with van der Waals surface area (Å²) in [5.74, 6) is -0.492. The van der Waals surface area contributed by atoms with Crippen LogP contribution in [0.3, 0.4) is 0 Å². The number of benzene rings is 4. The van der Waals surface area contributed by atoms with Gasteiger partial charge in [0, 0.05) is 62.5 Å². The molecule has 0 spiro atoms. The van der Waals surface area contributed by atoms with Crippen LogP contribution in [0, 0.1) is 0 Å². The lowest BCUT2D eigenvalue weighted by Crippen LogP contribution is -2.47. The number of hydrogen-bond donors (Lipinski definition) is 5. The zero-order valence-corrected chi connectivity index (χ0v) is 28.5. The third kappa shape index (κ3) is 9.22. The number of aromatic nitrogens is 2. The summed E-state index contributed by atoms with van der Waals surface area (Å²) in [4.78, 5) is 38.3. The smallest absolute Gasteiger partial charge is 0.234 e. The van der Waals surface area contributed by atoms with Crippen LogP contribution < -0.4 is 16.4 Å². The molecule has 2 aromatic heterocycles. The maximum atomic E-state index is 12.7. The second-order valence-corrected chi connectivity index (χ2v) is 11.6. The van der Waals surface area contributed by atoms with Gasteiger partial charge in [0.2, 0.25) is 11.8 Å². The van der Waals surface area contributed by atoms with E-state index >= 15 is 0 Å². The van der Waals surface area contributed by atoms with Crippen molar-refractivity contribution in [1.82, 2.24) is 20.2 Å². The quantitative estimate of drug-likeness (QED) is 0.0829. The number of aldehydes is 1. The average Bonchev–Trinajstić information content (AvgIpc) is 3.78. The Hall–Kier alpha value is -5.77. The van der Waals surface area contributed by atoms with E-state index < -0.39 is 11.6 Å². The lowest BCUT2D eigenvalue weighted by atomic mass is 9.77. The second kappa shape index (κ2) is 18.7. The van der Waals surface area contributed by atoms with Crippen LogP contribution in [0.25, 0.3) is 10.9 Å². The molecule has 1 unspecified atom stereocenters. The van der Waals surface area contributed by atoms with Crippen LogP contribution in [0.1, 0.15) is 40.8 Å². The van der Waals surface area contributed by atoms with Gasteiger partial charge in [-0.05, 0) is 46.9 Å². The molecule has 50 heavy (non-hydrogen) atoms. The van der Waals surface area contributed by atoms with Crippen LogP contribution in [0.4, 0.5) is 0 Å². The number of aliphatic hydroxyl groups is 1. The Bertz CT molecular complexity index is 1820. The van der Waals surface area contributed by atoms with Gasteiger partial charge in [0.05, 0.1) is 6.04 Å². The SMILES string of the molecule is CO.Cn1cccc1CNC(Cc1c[nH]c2ccccc12)C(N)=O.O=CCCC(=O)NC(c1ccccc1)(c1ccccc1)c1ccccc1. The fourth-order valence-corrected chi connectivity index (χ4v) is 5.94. The first-order chi connectivity index (χ1) is 24.4. The third-order valence-corrected chi connectivity index (χ3v) is 8.46. The molecule has 0 saturated carbocycles. The number of fused-ring (bicyclic) bond motifs is 1. The van der Waals surface area contributed by atoms with Gasteiger partial charge in [-0.1, -0.05) is 109 Å². The maximum Gasteiger partial charge on any atom is 0.234 e. The third-order valence-electron chi connectivity index (χ3n) is 8.46. The Morgan fingerprint density at radius 3 is 1.86 bits per heavy atom. The first-order valence-electron chi connectivity index (χ1n) is 16.5. The Morgan fingerprint density at radius 1 is 0.820 bits per heavy atom. The van der Waals surface area contributed by atoms with E-state index in [0.29, 0.717) is 13.0 Å². The summed E-state index contributed by atoms with van der Waals surface area (Å²) in [6.45, 7) is 0.611. The monoisotopic (exact) mass is 671 g/mol. The van der Waals surface area contributed by atoms with Crippen molar-refractivity contribution in [3.8, 4) is 0 Å². The normalized spacial score (nSPS) is 11.3. The number of H-pyrrole nitrogens is 1. The molecule has 0 bridgehead atoms. The second-order valence-electron chi connectivity index (χ2n) is 11.6. The number of aliphatic hydroxyl groups excluding tert-OH is 1. The van der Waals surface area contributed by atoms with Gasteiger partial charge in [-0.3, -0.25) is 14.9 Å². The molecular formula is C41H45N5O4. The largest absolute Gasteiger partial charge is 0.400 e. The summed E-state index contributed by atoms with van der Waals surface area (Å²) in [6.07, 6.45) is 5.65. The molecule has 0 fully saturated rings. The summed E-state index contributed by atoms with van der Waals surface area (Å²) in [5.41, 5.74) is 10.9. The van der Waals surface area contributed by atoms with E-state index in [4.69, 9.17) is 10.8 Å². The van der Waals surface area contributed by atoms with Crippen LogP contribution in [-0.2, 0) is 39.9 Å². The maximum absolute atomic E-state index is 12.7. The molecule has 0 saturated heterocycles. The molecule has 0 aliphatic carbocycles. The molecule has 0 radical (unpaired) electrons. The number of amides is 2. The van der Waals surface area contributed by atoms with Gasteiger partial charge in [0.15, 0.2) is 0 Å². The molecule has 1 atom stereocenters. The number of para-hydroxylation sites is 1. The zero-order valence-electron chi connectivity index (χ0n) is 28.5. The number of hydrogen-bond acceptors (Lipinski definition) is 5. The van der Waals surface area contributed by atoms with Gasteiger partial charge in [-0.2, -0.15) is 0 Å². The first kappa shape index (κ1) is 37.1. The zero-order chi connectivity index (χ0) is 35.8. The lowest BCUT2D eigenvalue weighted by molar-refractivity contribution is -0.123. The fraction of sp³-hybridized carbons (Fsp3) is 0.195. The van der Waals surface area contributed by atoms with Crippen molar-refractivity contribution in [2.24, 2.45) is 12.8 Å². The summed E-state index contributed by atoms with van der Waals surface area (Å²) in [6, 6.07) is 41.4. The highest BCUT2D eigenvalue weighted by Crippen LogP contribution is 2.36. The van der Waals surface area contributed by atoms with Gasteiger partial charge >= 0.3 is 0 Å². The van der Waals surface area contributed by atoms with Crippen molar-refractivity contribution in [2.45, 2.75) is 37.4 Å². The number of rotatable bonds is 13. The number of nitrogens with two attached hydrogens (primary N) is 1. The van der Waals surface area contributed by atoms with E-state index in [0.717, 1.165) is 52.2 Å². The van der Waals surface area contributed by atoms with Crippen LogP contribution in [-0.4, -0.2) is 45.9 Å². The number of nitrogens with zero attached hydrogens (tertiary/aromatic N) is 1. The first-order valence-corrected chi connectivity index (χ1v) is 16.5. The fourth-order valence-electron chi connectivity index (χ4n) is 5.94. The standard InChI is InChI=1S/C23H21NO2.C17H20N4O.CH4O/c25-18-10-17-22(26)24-23(19-11-4-1-5-12-19,20-13-6-2-7-14-20)21-15-8-3-9-16-21;1-21-8-4-5-13(21)11-20-16(17(18)22)9-12-10-19-15-7-3-2-6-14(12)15;1-2/h1-9,11-16,18H,10,17H2,(H,24,26);2-8,10,16,19-20H,9,11H2,1H3,(H2,18,22);2H,1H3. The van der Waals surface area contributed by atoms with Crippen LogP contribution >= 0.6 is 0 Å². The Balaban J connectivity index is 0.000000217. The average molecular weight is 672 g/mol.